The van der Waals surface area contributed by atoms with Gasteiger partial charge in [0.1, 0.15) is 11.4 Å². The average Bonchev–Trinajstić information content (AvgIpc) is 2.56. The molecule has 0 aliphatic heterocycles. The minimum atomic E-state index is 0.514. The van der Waals surface area contributed by atoms with Gasteiger partial charge in [-0.1, -0.05) is 72.4 Å². The van der Waals surface area contributed by atoms with Gasteiger partial charge in [-0.3, -0.25) is 9.98 Å². The van der Waals surface area contributed by atoms with Crippen LogP contribution in [0.1, 0.15) is 34.1 Å². The van der Waals surface area contributed by atoms with Gasteiger partial charge in [-0.15, -0.1) is 0 Å². The predicted molar refractivity (Wildman–Crippen MR) is 114 cm³/mol. The number of rotatable bonds is 4. The van der Waals surface area contributed by atoms with Crippen molar-refractivity contribution in [2.24, 2.45) is 9.98 Å². The highest BCUT2D eigenvalue weighted by Crippen LogP contribution is 2.34. The Morgan fingerprint density at radius 2 is 0.960 bits per heavy atom. The maximum Gasteiger partial charge on any atom is 0.100 e. The topological polar surface area (TPSA) is 24.7 Å². The third-order valence-corrected chi connectivity index (χ3v) is 4.21. The summed E-state index contributed by atoms with van der Waals surface area (Å²) in [5.74, 6) is 0. The molecule has 0 saturated carbocycles. The van der Waals surface area contributed by atoms with E-state index in [4.69, 9.17) is 46.4 Å². The van der Waals surface area contributed by atoms with E-state index in [-0.39, 0.29) is 0 Å². The Hall–Kier alpha value is -1.06. The van der Waals surface area contributed by atoms with E-state index in [1.807, 2.05) is 27.7 Å². The van der Waals surface area contributed by atoms with E-state index < -0.39 is 0 Å². The van der Waals surface area contributed by atoms with Crippen molar-refractivity contribution in [1.82, 2.24) is 0 Å². The van der Waals surface area contributed by atoms with Gasteiger partial charge in [-0.2, -0.15) is 0 Å². The summed E-state index contributed by atoms with van der Waals surface area (Å²) in [5.41, 5.74) is 2.81. The lowest BCUT2D eigenvalue weighted by Crippen LogP contribution is -2.00. The van der Waals surface area contributed by atoms with E-state index >= 15 is 0 Å². The van der Waals surface area contributed by atoms with Crippen molar-refractivity contribution in [3.63, 3.8) is 0 Å². The van der Waals surface area contributed by atoms with E-state index in [2.05, 4.69) is 9.98 Å². The molecule has 0 atom stereocenters. The van der Waals surface area contributed by atoms with Gasteiger partial charge >= 0.3 is 0 Å². The Morgan fingerprint density at radius 3 is 1.24 bits per heavy atom. The molecular formula is C19H20Cl4N2. The van der Waals surface area contributed by atoms with Crippen molar-refractivity contribution in [2.45, 2.75) is 34.1 Å². The Labute approximate surface area is 169 Å². The molecule has 0 aliphatic carbocycles. The van der Waals surface area contributed by atoms with Gasteiger partial charge < -0.3 is 0 Å². The molecule has 25 heavy (non-hydrogen) atoms. The zero-order valence-corrected chi connectivity index (χ0v) is 17.6. The molecule has 2 aromatic rings. The molecule has 6 heteroatoms. The van der Waals surface area contributed by atoms with Crippen LogP contribution in [0.5, 0.6) is 0 Å². The quantitative estimate of drug-likeness (QED) is 0.444. The number of halogens is 4. The van der Waals surface area contributed by atoms with E-state index in [0.717, 1.165) is 11.4 Å². The van der Waals surface area contributed by atoms with Crippen LogP contribution in [0.3, 0.4) is 0 Å². The molecule has 2 nitrogen and oxygen atoms in total. The zero-order chi connectivity index (χ0) is 19.0. The molecule has 0 radical (unpaired) electrons. The van der Waals surface area contributed by atoms with E-state index in [9.17, 15) is 0 Å². The van der Waals surface area contributed by atoms with Gasteiger partial charge in [0.2, 0.25) is 0 Å². The standard InChI is InChI=1S/C17H14Cl4N2.C2H6/c1-10(22-16-12(18)5-3-6-13(16)19)9-11(2)23-17-14(20)7-4-8-15(17)21;1-2/h3-8H,9H2,1-2H3;1-2H3. The lowest BCUT2D eigenvalue weighted by Gasteiger charge is -2.06. The van der Waals surface area contributed by atoms with Gasteiger partial charge in [-0.25, -0.2) is 0 Å². The highest BCUT2D eigenvalue weighted by molar-refractivity contribution is 6.39. The Balaban J connectivity index is 0.00000151. The molecule has 0 N–H and O–H groups in total. The second-order valence-corrected chi connectivity index (χ2v) is 6.64. The number of hydrogen-bond acceptors (Lipinski definition) is 2. The van der Waals surface area contributed by atoms with Crippen LogP contribution in [0.2, 0.25) is 20.1 Å². The van der Waals surface area contributed by atoms with E-state index in [1.54, 1.807) is 36.4 Å². The van der Waals surface area contributed by atoms with Gasteiger partial charge in [0, 0.05) is 17.8 Å². The smallest absolute Gasteiger partial charge is 0.100 e. The van der Waals surface area contributed by atoms with Gasteiger partial charge in [-0.05, 0) is 38.1 Å². The van der Waals surface area contributed by atoms with Gasteiger partial charge in [0.05, 0.1) is 20.1 Å². The number of nitrogens with zero attached hydrogens (tertiary/aromatic N) is 2. The second-order valence-electron chi connectivity index (χ2n) is 5.01. The maximum atomic E-state index is 6.12. The highest BCUT2D eigenvalue weighted by atomic mass is 35.5. The number of benzene rings is 2. The molecule has 0 heterocycles. The first-order valence-electron chi connectivity index (χ1n) is 7.85. The van der Waals surface area contributed by atoms with Crippen LogP contribution in [0.25, 0.3) is 0 Å². The summed E-state index contributed by atoms with van der Waals surface area (Å²) in [6.45, 7) is 7.79. The molecule has 0 aliphatic rings. The van der Waals surface area contributed by atoms with E-state index in [0.29, 0.717) is 37.9 Å². The third-order valence-electron chi connectivity index (χ3n) is 2.99. The van der Waals surface area contributed by atoms with Crippen LogP contribution in [0.4, 0.5) is 11.4 Å². The molecule has 0 spiro atoms. The maximum absolute atomic E-state index is 6.12. The van der Waals surface area contributed by atoms with E-state index in [1.165, 1.54) is 0 Å². The Kier molecular flexibility index (Phi) is 9.52. The minimum absolute atomic E-state index is 0.514. The average molecular weight is 418 g/mol. The third kappa shape index (κ3) is 6.63. The second kappa shape index (κ2) is 10.8. The van der Waals surface area contributed by atoms with Crippen LogP contribution in [0, 0.1) is 0 Å². The lowest BCUT2D eigenvalue weighted by molar-refractivity contribution is 1.37. The Bertz CT molecular complexity index is 677. The lowest BCUT2D eigenvalue weighted by atomic mass is 10.2. The van der Waals surface area contributed by atoms with Crippen LogP contribution in [-0.4, -0.2) is 11.4 Å². The molecule has 0 aromatic heterocycles. The van der Waals surface area contributed by atoms with Gasteiger partial charge in [0.15, 0.2) is 0 Å². The molecule has 2 aromatic carbocycles. The number of aliphatic imine (C=N–C) groups is 2. The normalized spacial score (nSPS) is 11.8. The SMILES string of the molecule is CC.CC(CC(C)=Nc1c(Cl)cccc1Cl)=Nc1c(Cl)cccc1Cl. The van der Waals surface area contributed by atoms with Crippen LogP contribution in [-0.2, 0) is 0 Å². The summed E-state index contributed by atoms with van der Waals surface area (Å²) in [6, 6.07) is 10.6. The monoisotopic (exact) mass is 416 g/mol. The number of para-hydroxylation sites is 2. The summed E-state index contributed by atoms with van der Waals surface area (Å²) < 4.78 is 0. The molecule has 0 bridgehead atoms. The fraction of sp³-hybridized carbons (Fsp3) is 0.263. The molecule has 0 fully saturated rings. The van der Waals surface area contributed by atoms with Crippen LogP contribution < -0.4 is 0 Å². The summed E-state index contributed by atoms with van der Waals surface area (Å²) in [4.78, 5) is 8.98. The molecule has 0 unspecified atom stereocenters. The van der Waals surface area contributed by atoms with Crippen LogP contribution >= 0.6 is 46.4 Å². The Morgan fingerprint density at radius 1 is 0.680 bits per heavy atom. The molecule has 0 amide bonds. The summed E-state index contributed by atoms with van der Waals surface area (Å²) in [5, 5.41) is 2.06. The van der Waals surface area contributed by atoms with Crippen molar-refractivity contribution in [2.75, 3.05) is 0 Å². The first-order chi connectivity index (χ1) is 11.9. The molecule has 2 rings (SSSR count). The summed E-state index contributed by atoms with van der Waals surface area (Å²) in [6.07, 6.45) is 0.559. The fourth-order valence-corrected chi connectivity index (χ4v) is 2.99. The largest absolute Gasteiger partial charge is 0.255 e. The van der Waals surface area contributed by atoms with Crippen molar-refractivity contribution < 1.29 is 0 Å². The summed E-state index contributed by atoms with van der Waals surface area (Å²) >= 11 is 24.5. The van der Waals surface area contributed by atoms with Crippen molar-refractivity contribution in [1.29, 1.82) is 0 Å². The fourth-order valence-electron chi connectivity index (χ4n) is 2.02. The molecular weight excluding hydrogens is 398 g/mol. The van der Waals surface area contributed by atoms with Crippen LogP contribution in [0.15, 0.2) is 46.4 Å². The van der Waals surface area contributed by atoms with Gasteiger partial charge in [0.25, 0.3) is 0 Å². The highest BCUT2D eigenvalue weighted by Gasteiger charge is 2.07. The minimum Gasteiger partial charge on any atom is -0.255 e. The molecule has 134 valence electrons. The zero-order valence-electron chi connectivity index (χ0n) is 14.6. The number of hydrogen-bond donors (Lipinski definition) is 0. The summed E-state index contributed by atoms with van der Waals surface area (Å²) in [7, 11) is 0. The first-order valence-corrected chi connectivity index (χ1v) is 9.36. The van der Waals surface area contributed by atoms with Crippen molar-refractivity contribution in [3.05, 3.63) is 56.5 Å². The first kappa shape index (κ1) is 22.0. The van der Waals surface area contributed by atoms with Crippen molar-refractivity contribution >= 4 is 69.2 Å². The predicted octanol–water partition coefficient (Wildman–Crippen LogP) is 8.60. The molecule has 0 saturated heterocycles. The van der Waals surface area contributed by atoms with Crippen molar-refractivity contribution in [3.8, 4) is 0 Å².